The zero-order valence-electron chi connectivity index (χ0n) is 10.5. The van der Waals surface area contributed by atoms with E-state index in [0.29, 0.717) is 17.0 Å². The van der Waals surface area contributed by atoms with Crippen molar-refractivity contribution in [3.63, 3.8) is 0 Å². The van der Waals surface area contributed by atoms with Crippen molar-refractivity contribution in [1.29, 1.82) is 0 Å². The van der Waals surface area contributed by atoms with Gasteiger partial charge >= 0.3 is 5.97 Å². The van der Waals surface area contributed by atoms with Crippen LogP contribution >= 0.6 is 0 Å². The number of fused-ring (bicyclic) bond motifs is 1. The molecule has 0 bridgehead atoms. The molecule has 1 aromatic carbocycles. The molecule has 1 aromatic heterocycles. The van der Waals surface area contributed by atoms with Crippen molar-refractivity contribution in [3.8, 4) is 5.75 Å². The number of carbonyl (C=O) groups is 1. The number of rotatable bonds is 2. The van der Waals surface area contributed by atoms with Crippen molar-refractivity contribution < 1.29 is 14.3 Å². The van der Waals surface area contributed by atoms with Crippen LogP contribution in [0.15, 0.2) is 18.2 Å². The van der Waals surface area contributed by atoms with Gasteiger partial charge in [-0.1, -0.05) is 0 Å². The number of carbonyl (C=O) groups excluding carboxylic acids is 1. The largest absolute Gasteiger partial charge is 0.497 e. The van der Waals surface area contributed by atoms with Gasteiger partial charge in [-0.25, -0.2) is 9.78 Å². The highest BCUT2D eigenvalue weighted by Crippen LogP contribution is 2.28. The number of benzene rings is 1. The lowest BCUT2D eigenvalue weighted by Gasteiger charge is -2.09. The maximum absolute atomic E-state index is 11.5. The fourth-order valence-corrected chi connectivity index (χ4v) is 1.82. The van der Waals surface area contributed by atoms with Crippen LogP contribution in [0.4, 0.5) is 5.69 Å². The first-order valence-corrected chi connectivity index (χ1v) is 5.40. The Morgan fingerprint density at radius 1 is 1.28 bits per heavy atom. The fourth-order valence-electron chi connectivity index (χ4n) is 1.82. The summed E-state index contributed by atoms with van der Waals surface area (Å²) in [6, 6.07) is 5.15. The number of aromatic nitrogens is 1. The maximum atomic E-state index is 11.5. The maximum Gasteiger partial charge on any atom is 0.356 e. The molecule has 18 heavy (non-hydrogen) atoms. The van der Waals surface area contributed by atoms with Crippen LogP contribution in [0.25, 0.3) is 10.9 Å². The van der Waals surface area contributed by atoms with Crippen molar-refractivity contribution in [2.24, 2.45) is 0 Å². The third-order valence-electron chi connectivity index (χ3n) is 2.74. The number of hydrogen-bond acceptors (Lipinski definition) is 5. The lowest BCUT2D eigenvalue weighted by atomic mass is 10.1. The van der Waals surface area contributed by atoms with Gasteiger partial charge in [0.2, 0.25) is 0 Å². The van der Waals surface area contributed by atoms with Gasteiger partial charge in [-0.3, -0.25) is 0 Å². The van der Waals surface area contributed by atoms with E-state index in [1.165, 1.54) is 13.2 Å². The molecule has 2 rings (SSSR count). The quantitative estimate of drug-likeness (QED) is 0.819. The van der Waals surface area contributed by atoms with Gasteiger partial charge in [0, 0.05) is 11.1 Å². The minimum Gasteiger partial charge on any atom is -0.497 e. The van der Waals surface area contributed by atoms with Gasteiger partial charge in [0.05, 0.1) is 19.7 Å². The minimum atomic E-state index is -0.501. The molecule has 2 aromatic rings. The second-order valence-electron chi connectivity index (χ2n) is 3.93. The molecule has 0 unspecified atom stereocenters. The Labute approximate surface area is 105 Å². The number of anilines is 1. The van der Waals surface area contributed by atoms with Crippen molar-refractivity contribution in [3.05, 3.63) is 29.5 Å². The average molecular weight is 246 g/mol. The van der Waals surface area contributed by atoms with Crippen molar-refractivity contribution in [2.45, 2.75) is 6.92 Å². The summed E-state index contributed by atoms with van der Waals surface area (Å²) in [5.41, 5.74) is 8.19. The molecule has 0 fully saturated rings. The van der Waals surface area contributed by atoms with E-state index in [4.69, 9.17) is 10.5 Å². The van der Waals surface area contributed by atoms with Crippen LogP contribution in [0.3, 0.4) is 0 Å². The Hall–Kier alpha value is -2.30. The normalized spacial score (nSPS) is 10.4. The van der Waals surface area contributed by atoms with Crippen LogP contribution in [0.1, 0.15) is 16.1 Å². The highest BCUT2D eigenvalue weighted by molar-refractivity contribution is 5.98. The Bertz CT molecular complexity index is 623. The van der Waals surface area contributed by atoms with Crippen LogP contribution in [0.2, 0.25) is 0 Å². The topological polar surface area (TPSA) is 74.4 Å². The molecule has 0 radical (unpaired) electrons. The smallest absolute Gasteiger partial charge is 0.356 e. The number of nitrogens with zero attached hydrogens (tertiary/aromatic N) is 1. The molecule has 1 heterocycles. The Balaban J connectivity index is 2.73. The predicted octanol–water partition coefficient (Wildman–Crippen LogP) is 1.92. The van der Waals surface area contributed by atoms with Gasteiger partial charge in [-0.15, -0.1) is 0 Å². The van der Waals surface area contributed by atoms with Gasteiger partial charge in [0.1, 0.15) is 5.75 Å². The third-order valence-corrected chi connectivity index (χ3v) is 2.74. The third kappa shape index (κ3) is 1.95. The summed E-state index contributed by atoms with van der Waals surface area (Å²) in [5.74, 6) is 0.207. The van der Waals surface area contributed by atoms with E-state index in [1.54, 1.807) is 13.2 Å². The Morgan fingerprint density at radius 3 is 2.61 bits per heavy atom. The fraction of sp³-hybridized carbons (Fsp3) is 0.231. The SMILES string of the molecule is COC(=O)c1cc(N)c2cc(OC)cc(C)c2n1. The van der Waals surface area contributed by atoms with Gasteiger partial charge in [-0.05, 0) is 30.7 Å². The summed E-state index contributed by atoms with van der Waals surface area (Å²) in [6.07, 6.45) is 0. The molecule has 0 saturated carbocycles. The molecule has 94 valence electrons. The van der Waals surface area contributed by atoms with Gasteiger partial charge in [-0.2, -0.15) is 0 Å². The summed E-state index contributed by atoms with van der Waals surface area (Å²) in [5, 5.41) is 0.763. The highest BCUT2D eigenvalue weighted by atomic mass is 16.5. The van der Waals surface area contributed by atoms with Crippen molar-refractivity contribution in [2.75, 3.05) is 20.0 Å². The van der Waals surface area contributed by atoms with Gasteiger partial charge in [0.15, 0.2) is 5.69 Å². The summed E-state index contributed by atoms with van der Waals surface area (Å²) in [6.45, 7) is 1.89. The van der Waals surface area contributed by atoms with Crippen molar-refractivity contribution >= 4 is 22.6 Å². The van der Waals surface area contributed by atoms with E-state index in [0.717, 1.165) is 10.9 Å². The Morgan fingerprint density at radius 2 is 2.00 bits per heavy atom. The number of ether oxygens (including phenoxy) is 2. The summed E-state index contributed by atoms with van der Waals surface area (Å²) >= 11 is 0. The number of methoxy groups -OCH3 is 2. The molecule has 0 spiro atoms. The first kappa shape index (κ1) is 12.2. The molecule has 0 saturated heterocycles. The number of pyridine rings is 1. The molecule has 5 nitrogen and oxygen atoms in total. The number of hydrogen-bond donors (Lipinski definition) is 1. The van der Waals surface area contributed by atoms with Crippen molar-refractivity contribution in [1.82, 2.24) is 4.98 Å². The second-order valence-corrected chi connectivity index (χ2v) is 3.93. The zero-order valence-corrected chi connectivity index (χ0v) is 10.5. The van der Waals surface area contributed by atoms with E-state index >= 15 is 0 Å². The van der Waals surface area contributed by atoms with Crippen LogP contribution < -0.4 is 10.5 Å². The van der Waals surface area contributed by atoms with E-state index < -0.39 is 5.97 Å². The molecule has 0 aliphatic heterocycles. The van der Waals surface area contributed by atoms with E-state index in [1.807, 2.05) is 13.0 Å². The summed E-state index contributed by atoms with van der Waals surface area (Å²) in [7, 11) is 2.90. The van der Waals surface area contributed by atoms with Gasteiger partial charge in [0.25, 0.3) is 0 Å². The lowest BCUT2D eigenvalue weighted by Crippen LogP contribution is -2.06. The highest BCUT2D eigenvalue weighted by Gasteiger charge is 2.13. The number of nitrogens with two attached hydrogens (primary N) is 1. The number of aryl methyl sites for hydroxylation is 1. The molecule has 0 amide bonds. The first-order valence-electron chi connectivity index (χ1n) is 5.40. The van der Waals surface area contributed by atoms with Gasteiger partial charge < -0.3 is 15.2 Å². The average Bonchev–Trinajstić information content (AvgIpc) is 2.38. The summed E-state index contributed by atoms with van der Waals surface area (Å²) in [4.78, 5) is 15.8. The predicted molar refractivity (Wildman–Crippen MR) is 68.8 cm³/mol. The Kier molecular flexibility index (Phi) is 3.06. The van der Waals surface area contributed by atoms with E-state index in [9.17, 15) is 4.79 Å². The molecule has 0 aliphatic rings. The number of nitrogen functional groups attached to an aromatic ring is 1. The lowest BCUT2D eigenvalue weighted by molar-refractivity contribution is 0.0594. The number of esters is 1. The molecular weight excluding hydrogens is 232 g/mol. The second kappa shape index (κ2) is 4.52. The van der Waals surface area contributed by atoms with Crippen LogP contribution in [0, 0.1) is 6.92 Å². The minimum absolute atomic E-state index is 0.204. The summed E-state index contributed by atoms with van der Waals surface area (Å²) < 4.78 is 9.83. The first-order chi connectivity index (χ1) is 8.56. The molecule has 0 aliphatic carbocycles. The monoisotopic (exact) mass is 246 g/mol. The standard InChI is InChI=1S/C13H14N2O3/c1-7-4-8(17-2)5-9-10(14)6-11(13(16)18-3)15-12(7)9/h4-6H,1-3H3,(H2,14,15). The molecule has 5 heteroatoms. The zero-order chi connectivity index (χ0) is 13.3. The van der Waals surface area contributed by atoms with E-state index in [2.05, 4.69) is 9.72 Å². The molecular formula is C13H14N2O3. The molecule has 0 atom stereocenters. The van der Waals surface area contributed by atoms with Crippen LogP contribution in [-0.2, 0) is 4.74 Å². The van der Waals surface area contributed by atoms with E-state index in [-0.39, 0.29) is 5.69 Å². The van der Waals surface area contributed by atoms with Crippen LogP contribution in [0.5, 0.6) is 5.75 Å². The van der Waals surface area contributed by atoms with Crippen LogP contribution in [-0.4, -0.2) is 25.2 Å². The molecule has 2 N–H and O–H groups in total.